The van der Waals surface area contributed by atoms with Crippen molar-refractivity contribution in [2.45, 2.75) is 20.8 Å². The summed E-state index contributed by atoms with van der Waals surface area (Å²) in [4.78, 5) is 27.7. The van der Waals surface area contributed by atoms with Gasteiger partial charge in [0.05, 0.1) is 5.41 Å². The summed E-state index contributed by atoms with van der Waals surface area (Å²) in [5.41, 5.74) is 1.75. The Bertz CT molecular complexity index is 438. The van der Waals surface area contributed by atoms with E-state index in [1.807, 2.05) is 0 Å². The van der Waals surface area contributed by atoms with Crippen molar-refractivity contribution in [3.05, 3.63) is 34.9 Å². The summed E-state index contributed by atoms with van der Waals surface area (Å²) in [7, 11) is 0. The molecule has 0 aliphatic rings. The van der Waals surface area contributed by atoms with Gasteiger partial charge in [0.1, 0.15) is 0 Å². The van der Waals surface area contributed by atoms with Gasteiger partial charge in [0.15, 0.2) is 0 Å². The highest BCUT2D eigenvalue weighted by Crippen LogP contribution is 2.14. The molecule has 17 heavy (non-hydrogen) atoms. The zero-order chi connectivity index (χ0) is 13.1. The number of hydrogen-bond acceptors (Lipinski definition) is 3. The van der Waals surface area contributed by atoms with E-state index in [-0.39, 0.29) is 0 Å². The van der Waals surface area contributed by atoms with Gasteiger partial charge < -0.3 is 4.84 Å². The maximum Gasteiger partial charge on any atom is 0.337 e. The third-order valence-electron chi connectivity index (χ3n) is 1.94. The van der Waals surface area contributed by atoms with Gasteiger partial charge in [-0.25, -0.2) is 4.79 Å². The third kappa shape index (κ3) is 4.07. The highest BCUT2D eigenvalue weighted by Gasteiger charge is 2.24. The number of rotatable bonds is 1. The van der Waals surface area contributed by atoms with Crippen molar-refractivity contribution in [2.75, 3.05) is 0 Å². The number of halogens is 1. The quantitative estimate of drug-likeness (QED) is 0.785. The van der Waals surface area contributed by atoms with Gasteiger partial charge in [-0.05, 0) is 39.0 Å². The molecule has 1 N–H and O–H groups in total. The lowest BCUT2D eigenvalue weighted by atomic mass is 9.98. The summed E-state index contributed by atoms with van der Waals surface area (Å²) in [5.74, 6) is -1.02. The number of nitrogens with one attached hydrogen (secondary N) is 1. The molecule has 0 saturated carbocycles. The molecule has 0 heterocycles. The summed E-state index contributed by atoms with van der Waals surface area (Å²) < 4.78 is 0. The minimum atomic E-state index is -0.665. The second kappa shape index (κ2) is 5.19. The monoisotopic (exact) mass is 255 g/mol. The summed E-state index contributed by atoms with van der Waals surface area (Å²) in [6.45, 7) is 5.09. The number of carbonyl (C=O) groups is 2. The number of benzene rings is 1. The van der Waals surface area contributed by atoms with Crippen molar-refractivity contribution >= 4 is 23.5 Å². The van der Waals surface area contributed by atoms with Crippen LogP contribution in [0.3, 0.4) is 0 Å². The van der Waals surface area contributed by atoms with Gasteiger partial charge >= 0.3 is 5.97 Å². The minimum Gasteiger partial charge on any atom is -0.340 e. The van der Waals surface area contributed by atoms with E-state index in [0.717, 1.165) is 0 Å². The van der Waals surface area contributed by atoms with Gasteiger partial charge in [-0.2, -0.15) is 5.48 Å². The Labute approximate surface area is 105 Å². The van der Waals surface area contributed by atoms with Crippen molar-refractivity contribution in [1.82, 2.24) is 5.48 Å². The fraction of sp³-hybridized carbons (Fsp3) is 0.333. The van der Waals surface area contributed by atoms with Crippen molar-refractivity contribution in [2.24, 2.45) is 5.41 Å². The van der Waals surface area contributed by atoms with Gasteiger partial charge in [-0.15, -0.1) is 0 Å². The fourth-order valence-corrected chi connectivity index (χ4v) is 1.12. The molecule has 92 valence electrons. The van der Waals surface area contributed by atoms with Gasteiger partial charge in [0.2, 0.25) is 0 Å². The molecule has 1 rings (SSSR count). The van der Waals surface area contributed by atoms with Gasteiger partial charge in [0.25, 0.3) is 5.91 Å². The van der Waals surface area contributed by atoms with Crippen molar-refractivity contribution < 1.29 is 14.4 Å². The van der Waals surface area contributed by atoms with Crippen LogP contribution >= 0.6 is 11.6 Å². The maximum atomic E-state index is 11.6. The Balaban J connectivity index is 2.60. The number of hydroxylamine groups is 1. The highest BCUT2D eigenvalue weighted by molar-refractivity contribution is 6.30. The van der Waals surface area contributed by atoms with E-state index in [2.05, 4.69) is 10.3 Å². The lowest BCUT2D eigenvalue weighted by Gasteiger charge is -2.15. The topological polar surface area (TPSA) is 55.4 Å². The minimum absolute atomic E-state index is 0.333. The van der Waals surface area contributed by atoms with Crippen LogP contribution in [0.15, 0.2) is 24.3 Å². The molecule has 0 unspecified atom stereocenters. The first-order valence-electron chi connectivity index (χ1n) is 5.08. The van der Waals surface area contributed by atoms with Crippen LogP contribution in [0.2, 0.25) is 5.02 Å². The first-order valence-corrected chi connectivity index (χ1v) is 5.45. The Kier molecular flexibility index (Phi) is 4.12. The molecule has 5 heteroatoms. The molecule has 1 aromatic rings. The molecule has 0 radical (unpaired) electrons. The molecule has 0 fully saturated rings. The molecule has 0 atom stereocenters. The molecule has 0 spiro atoms. The number of hydrogen-bond donors (Lipinski definition) is 1. The SMILES string of the molecule is CC(C)(C)C(=O)ONC(=O)c1cccc(Cl)c1. The van der Waals surface area contributed by atoms with E-state index in [0.29, 0.717) is 10.6 Å². The normalized spacial score (nSPS) is 10.8. The van der Waals surface area contributed by atoms with E-state index >= 15 is 0 Å². The Morgan fingerprint density at radius 3 is 2.47 bits per heavy atom. The molecular weight excluding hydrogens is 242 g/mol. The second-order valence-corrected chi connectivity index (χ2v) is 5.02. The lowest BCUT2D eigenvalue weighted by molar-refractivity contribution is -0.158. The van der Waals surface area contributed by atoms with E-state index in [1.54, 1.807) is 39.0 Å². The van der Waals surface area contributed by atoms with Crippen LogP contribution in [0.4, 0.5) is 0 Å². The fourth-order valence-electron chi connectivity index (χ4n) is 0.934. The number of carbonyl (C=O) groups excluding carboxylic acids is 2. The predicted octanol–water partition coefficient (Wildman–Crippen LogP) is 2.57. The Morgan fingerprint density at radius 1 is 1.29 bits per heavy atom. The molecule has 1 aromatic carbocycles. The average molecular weight is 256 g/mol. The Hall–Kier alpha value is -1.55. The largest absolute Gasteiger partial charge is 0.340 e. The molecule has 0 aliphatic carbocycles. The van der Waals surface area contributed by atoms with Gasteiger partial charge in [0, 0.05) is 10.6 Å². The van der Waals surface area contributed by atoms with Crippen LogP contribution in [0, 0.1) is 5.41 Å². The third-order valence-corrected chi connectivity index (χ3v) is 2.17. The van der Waals surface area contributed by atoms with Crippen LogP contribution in [0.25, 0.3) is 0 Å². The van der Waals surface area contributed by atoms with E-state index in [4.69, 9.17) is 11.6 Å². The summed E-state index contributed by atoms with van der Waals surface area (Å²) in [6.07, 6.45) is 0. The first kappa shape index (κ1) is 13.5. The van der Waals surface area contributed by atoms with E-state index in [1.165, 1.54) is 6.07 Å². The Morgan fingerprint density at radius 2 is 1.94 bits per heavy atom. The molecule has 0 bridgehead atoms. The zero-order valence-electron chi connectivity index (χ0n) is 9.91. The van der Waals surface area contributed by atoms with E-state index in [9.17, 15) is 9.59 Å². The smallest absolute Gasteiger partial charge is 0.337 e. The van der Waals surface area contributed by atoms with Crippen molar-refractivity contribution in [1.29, 1.82) is 0 Å². The van der Waals surface area contributed by atoms with Crippen LogP contribution in [-0.2, 0) is 9.63 Å². The zero-order valence-corrected chi connectivity index (χ0v) is 10.7. The summed E-state index contributed by atoms with van der Waals surface area (Å²) >= 11 is 5.74. The second-order valence-electron chi connectivity index (χ2n) is 4.58. The van der Waals surface area contributed by atoms with Crippen LogP contribution < -0.4 is 5.48 Å². The average Bonchev–Trinajstić information content (AvgIpc) is 2.24. The molecule has 1 amide bonds. The molecule has 0 aliphatic heterocycles. The van der Waals surface area contributed by atoms with Crippen molar-refractivity contribution in [3.63, 3.8) is 0 Å². The summed E-state index contributed by atoms with van der Waals surface area (Å²) in [6, 6.07) is 6.36. The first-order chi connectivity index (χ1) is 7.80. The van der Waals surface area contributed by atoms with Gasteiger partial charge in [-0.1, -0.05) is 17.7 Å². The lowest BCUT2D eigenvalue weighted by Crippen LogP contribution is -2.33. The highest BCUT2D eigenvalue weighted by atomic mass is 35.5. The van der Waals surface area contributed by atoms with Crippen LogP contribution in [0.1, 0.15) is 31.1 Å². The maximum absolute atomic E-state index is 11.6. The predicted molar refractivity (Wildman–Crippen MR) is 64.5 cm³/mol. The summed E-state index contributed by atoms with van der Waals surface area (Å²) in [5, 5.41) is 0.444. The van der Waals surface area contributed by atoms with Crippen LogP contribution in [0.5, 0.6) is 0 Å². The van der Waals surface area contributed by atoms with Gasteiger partial charge in [-0.3, -0.25) is 4.79 Å². The van der Waals surface area contributed by atoms with Crippen LogP contribution in [-0.4, -0.2) is 11.9 Å². The molecule has 0 aromatic heterocycles. The molecule has 0 saturated heterocycles. The molecule has 4 nitrogen and oxygen atoms in total. The van der Waals surface area contributed by atoms with E-state index < -0.39 is 17.3 Å². The molecular formula is C12H14ClNO3. The number of amides is 1. The van der Waals surface area contributed by atoms with Crippen molar-refractivity contribution in [3.8, 4) is 0 Å². The standard InChI is InChI=1S/C12H14ClNO3/c1-12(2,3)11(16)17-14-10(15)8-5-4-6-9(13)7-8/h4-7H,1-3H3,(H,14,15).